The van der Waals surface area contributed by atoms with E-state index in [4.69, 9.17) is 0 Å². The van der Waals surface area contributed by atoms with Crippen LogP contribution in [0.3, 0.4) is 0 Å². The first-order valence-electron chi connectivity index (χ1n) is 5.90. The molecule has 3 nitrogen and oxygen atoms in total. The minimum Gasteiger partial charge on any atom is -0.362 e. The average molecular weight is 233 g/mol. The van der Waals surface area contributed by atoms with E-state index in [1.807, 2.05) is 11.3 Å². The van der Waals surface area contributed by atoms with E-state index in [-0.39, 0.29) is 0 Å². The summed E-state index contributed by atoms with van der Waals surface area (Å²) in [5.74, 6) is 0. The monoisotopic (exact) mass is 233 g/mol. The molecule has 1 N–H and O–H groups in total. The van der Waals surface area contributed by atoms with Gasteiger partial charge in [-0.25, -0.2) is 0 Å². The molecule has 0 bridgehead atoms. The molecule has 0 atom stereocenters. The van der Waals surface area contributed by atoms with E-state index in [0.717, 1.165) is 38.2 Å². The first-order chi connectivity index (χ1) is 7.90. The molecule has 0 radical (unpaired) electrons. The van der Waals surface area contributed by atoms with Gasteiger partial charge in [-0.1, -0.05) is 0 Å². The number of hydrogen-bond acceptors (Lipinski definition) is 4. The van der Waals surface area contributed by atoms with Gasteiger partial charge in [0.1, 0.15) is 11.1 Å². The minimum atomic E-state index is 0.947. The number of fused-ring (bicyclic) bond motifs is 1. The van der Waals surface area contributed by atoms with Crippen LogP contribution in [0.25, 0.3) is 0 Å². The molecule has 1 saturated heterocycles. The minimum absolute atomic E-state index is 0.947. The molecule has 2 aliphatic heterocycles. The van der Waals surface area contributed by atoms with E-state index in [9.17, 15) is 5.26 Å². The molecule has 1 aromatic rings. The lowest BCUT2D eigenvalue weighted by molar-refractivity contribution is 0.654. The first-order valence-corrected chi connectivity index (χ1v) is 6.72. The molecule has 3 rings (SSSR count). The second-order valence-corrected chi connectivity index (χ2v) is 5.50. The molecule has 1 aromatic heterocycles. The van der Waals surface area contributed by atoms with Gasteiger partial charge in [-0.3, -0.25) is 0 Å². The number of hydrogen-bond donors (Lipinski definition) is 1. The highest BCUT2D eigenvalue weighted by Gasteiger charge is 2.25. The molecule has 0 saturated carbocycles. The van der Waals surface area contributed by atoms with E-state index in [0.29, 0.717) is 0 Å². The van der Waals surface area contributed by atoms with Crippen molar-refractivity contribution in [3.63, 3.8) is 0 Å². The van der Waals surface area contributed by atoms with Crippen LogP contribution >= 0.6 is 11.3 Å². The molecule has 0 amide bonds. The standard InChI is InChI=1S/C12H15N3S/c13-7-10-9-3-4-14-8-11(9)16-12(10)15-5-1-2-6-15/h14H,1-6,8H2. The molecule has 0 aromatic carbocycles. The van der Waals surface area contributed by atoms with Crippen LogP contribution in [-0.2, 0) is 13.0 Å². The Kier molecular flexibility index (Phi) is 2.58. The highest BCUT2D eigenvalue weighted by Crippen LogP contribution is 2.38. The normalized spacial score (nSPS) is 19.6. The van der Waals surface area contributed by atoms with Crippen LogP contribution in [-0.4, -0.2) is 19.6 Å². The van der Waals surface area contributed by atoms with E-state index in [2.05, 4.69) is 16.3 Å². The predicted octanol–water partition coefficient (Wildman–Crippen LogP) is 1.87. The van der Waals surface area contributed by atoms with Crippen LogP contribution in [0.5, 0.6) is 0 Å². The lowest BCUT2D eigenvalue weighted by Gasteiger charge is -2.15. The second kappa shape index (κ2) is 4.08. The van der Waals surface area contributed by atoms with Gasteiger partial charge in [-0.15, -0.1) is 11.3 Å². The summed E-state index contributed by atoms with van der Waals surface area (Å²) >= 11 is 1.82. The molecule has 1 fully saturated rings. The highest BCUT2D eigenvalue weighted by atomic mass is 32.1. The number of nitriles is 1. The van der Waals surface area contributed by atoms with E-state index >= 15 is 0 Å². The Labute approximate surface area is 99.7 Å². The van der Waals surface area contributed by atoms with Crippen molar-refractivity contribution in [3.8, 4) is 6.07 Å². The summed E-state index contributed by atoms with van der Waals surface area (Å²) in [4.78, 5) is 3.77. The van der Waals surface area contributed by atoms with Crippen molar-refractivity contribution in [1.82, 2.24) is 5.32 Å². The van der Waals surface area contributed by atoms with Crippen molar-refractivity contribution in [2.75, 3.05) is 24.5 Å². The van der Waals surface area contributed by atoms with Crippen LogP contribution in [0.1, 0.15) is 28.8 Å². The van der Waals surface area contributed by atoms with Crippen LogP contribution in [0.4, 0.5) is 5.00 Å². The van der Waals surface area contributed by atoms with Gasteiger partial charge in [-0.05, 0) is 31.4 Å². The number of thiophene rings is 1. The van der Waals surface area contributed by atoms with Gasteiger partial charge in [0.2, 0.25) is 0 Å². The second-order valence-electron chi connectivity index (χ2n) is 4.42. The Morgan fingerprint density at radius 3 is 2.88 bits per heavy atom. The largest absolute Gasteiger partial charge is 0.362 e. The zero-order valence-electron chi connectivity index (χ0n) is 9.25. The molecular formula is C12H15N3S. The number of rotatable bonds is 1. The van der Waals surface area contributed by atoms with Crippen LogP contribution in [0.2, 0.25) is 0 Å². The third-order valence-electron chi connectivity index (χ3n) is 3.41. The van der Waals surface area contributed by atoms with Gasteiger partial charge in [0.25, 0.3) is 0 Å². The number of nitrogens with one attached hydrogen (secondary N) is 1. The maximum atomic E-state index is 9.33. The first kappa shape index (κ1) is 10.1. The van der Waals surface area contributed by atoms with Gasteiger partial charge in [-0.2, -0.15) is 5.26 Å². The lowest BCUT2D eigenvalue weighted by Crippen LogP contribution is -2.22. The summed E-state index contributed by atoms with van der Waals surface area (Å²) < 4.78 is 0. The Morgan fingerprint density at radius 1 is 1.31 bits per heavy atom. The highest BCUT2D eigenvalue weighted by molar-refractivity contribution is 7.16. The summed E-state index contributed by atoms with van der Waals surface area (Å²) in [5.41, 5.74) is 2.27. The van der Waals surface area contributed by atoms with Gasteiger partial charge < -0.3 is 10.2 Å². The summed E-state index contributed by atoms with van der Waals surface area (Å²) in [6.07, 6.45) is 3.56. The Hall–Kier alpha value is -1.05. The molecule has 84 valence electrons. The summed E-state index contributed by atoms with van der Waals surface area (Å²) in [5, 5.41) is 13.9. The third kappa shape index (κ3) is 1.51. The average Bonchev–Trinajstić information content (AvgIpc) is 2.95. The van der Waals surface area contributed by atoms with Crippen LogP contribution in [0, 0.1) is 11.3 Å². The molecule has 4 heteroatoms. The van der Waals surface area contributed by atoms with Crippen LogP contribution < -0.4 is 10.2 Å². The van der Waals surface area contributed by atoms with Gasteiger partial charge in [0, 0.05) is 24.5 Å². The maximum Gasteiger partial charge on any atom is 0.110 e. The molecule has 16 heavy (non-hydrogen) atoms. The summed E-state index contributed by atoms with van der Waals surface area (Å²) in [6.45, 7) is 4.21. The fourth-order valence-electron chi connectivity index (χ4n) is 2.58. The quantitative estimate of drug-likeness (QED) is 0.805. The maximum absolute atomic E-state index is 9.33. The molecule has 0 aliphatic carbocycles. The number of anilines is 1. The predicted molar refractivity (Wildman–Crippen MR) is 65.9 cm³/mol. The molecule has 2 aliphatic rings. The fraction of sp³-hybridized carbons (Fsp3) is 0.583. The van der Waals surface area contributed by atoms with Crippen LogP contribution in [0.15, 0.2) is 0 Å². The van der Waals surface area contributed by atoms with Crippen molar-refractivity contribution in [2.24, 2.45) is 0 Å². The summed E-state index contributed by atoms with van der Waals surface area (Å²) in [7, 11) is 0. The van der Waals surface area contributed by atoms with E-state index < -0.39 is 0 Å². The van der Waals surface area contributed by atoms with Gasteiger partial charge in [0.05, 0.1) is 5.56 Å². The van der Waals surface area contributed by atoms with Gasteiger partial charge >= 0.3 is 0 Å². The zero-order chi connectivity index (χ0) is 11.0. The number of nitrogens with zero attached hydrogens (tertiary/aromatic N) is 2. The Morgan fingerprint density at radius 2 is 2.12 bits per heavy atom. The Balaban J connectivity index is 2.04. The fourth-order valence-corrected chi connectivity index (χ4v) is 3.90. The zero-order valence-corrected chi connectivity index (χ0v) is 10.1. The molecule has 0 spiro atoms. The molecular weight excluding hydrogens is 218 g/mol. The van der Waals surface area contributed by atoms with Crippen molar-refractivity contribution in [3.05, 3.63) is 16.0 Å². The molecule has 3 heterocycles. The molecule has 0 unspecified atom stereocenters. The van der Waals surface area contributed by atoms with Crippen molar-refractivity contribution in [2.45, 2.75) is 25.8 Å². The Bertz CT molecular complexity index is 438. The van der Waals surface area contributed by atoms with Crippen molar-refractivity contribution >= 4 is 16.3 Å². The SMILES string of the molecule is N#Cc1c(N2CCCC2)sc2c1CCNC2. The third-order valence-corrected chi connectivity index (χ3v) is 4.71. The topological polar surface area (TPSA) is 39.1 Å². The lowest BCUT2D eigenvalue weighted by atomic mass is 10.0. The van der Waals surface area contributed by atoms with Crippen molar-refractivity contribution < 1.29 is 0 Å². The van der Waals surface area contributed by atoms with E-state index in [1.54, 1.807) is 0 Å². The van der Waals surface area contributed by atoms with Crippen molar-refractivity contribution in [1.29, 1.82) is 5.26 Å². The smallest absolute Gasteiger partial charge is 0.110 e. The summed E-state index contributed by atoms with van der Waals surface area (Å²) in [6, 6.07) is 2.42. The van der Waals surface area contributed by atoms with Gasteiger partial charge in [0.15, 0.2) is 0 Å². The van der Waals surface area contributed by atoms with E-state index in [1.165, 1.54) is 28.3 Å².